The molecule has 8 heteroatoms. The van der Waals surface area contributed by atoms with Crippen LogP contribution in [0.5, 0.6) is 0 Å². The molecule has 2 aromatic rings. The van der Waals surface area contributed by atoms with Crippen molar-refractivity contribution in [3.63, 3.8) is 0 Å². The molecule has 1 fully saturated rings. The molecule has 2 aromatic carbocycles. The number of fused-ring (bicyclic) bond motifs is 3. The first kappa shape index (κ1) is 24.7. The van der Waals surface area contributed by atoms with Gasteiger partial charge in [0.2, 0.25) is 5.91 Å². The van der Waals surface area contributed by atoms with Gasteiger partial charge in [0, 0.05) is 25.5 Å². The van der Waals surface area contributed by atoms with Gasteiger partial charge in [-0.1, -0.05) is 48.5 Å². The molecule has 0 aromatic heterocycles. The Kier molecular flexibility index (Phi) is 8.02. The number of alkyl carbamates (subject to hydrolysis) is 1. The molecule has 0 radical (unpaired) electrons. The van der Waals surface area contributed by atoms with Crippen LogP contribution < -0.4 is 10.6 Å². The van der Waals surface area contributed by atoms with Crippen molar-refractivity contribution < 1.29 is 29.0 Å². The maximum absolute atomic E-state index is 12.4. The fourth-order valence-electron chi connectivity index (χ4n) is 5.11. The van der Waals surface area contributed by atoms with Crippen LogP contribution in [0.1, 0.15) is 42.7 Å². The number of aliphatic carboxylic acids is 1. The first-order valence-corrected chi connectivity index (χ1v) is 12.1. The van der Waals surface area contributed by atoms with E-state index in [0.29, 0.717) is 19.4 Å². The van der Waals surface area contributed by atoms with Crippen molar-refractivity contribution in [3.05, 3.63) is 59.7 Å². The molecule has 0 aliphatic heterocycles. The highest BCUT2D eigenvalue weighted by Gasteiger charge is 2.30. The van der Waals surface area contributed by atoms with Crippen molar-refractivity contribution >= 4 is 18.0 Å². The van der Waals surface area contributed by atoms with Crippen molar-refractivity contribution in [2.24, 2.45) is 11.8 Å². The number of carboxylic acid groups (broad SMARTS) is 1. The molecule has 2 amide bonds. The van der Waals surface area contributed by atoms with Gasteiger partial charge in [-0.25, -0.2) is 9.59 Å². The van der Waals surface area contributed by atoms with Crippen molar-refractivity contribution in [1.82, 2.24) is 10.6 Å². The molecule has 1 unspecified atom stereocenters. The second-order valence-corrected chi connectivity index (χ2v) is 9.23. The van der Waals surface area contributed by atoms with Crippen LogP contribution in [0.2, 0.25) is 0 Å². The van der Waals surface area contributed by atoms with E-state index in [4.69, 9.17) is 14.6 Å². The maximum Gasteiger partial charge on any atom is 0.407 e. The molecule has 0 bridgehead atoms. The molecule has 0 spiro atoms. The average molecular weight is 481 g/mol. The van der Waals surface area contributed by atoms with E-state index in [1.54, 1.807) is 0 Å². The third-order valence-electron chi connectivity index (χ3n) is 7.12. The maximum atomic E-state index is 12.4. The summed E-state index contributed by atoms with van der Waals surface area (Å²) in [6.45, 7) is 0.745. The Hall–Kier alpha value is -3.39. The Morgan fingerprint density at radius 3 is 2.11 bits per heavy atom. The lowest BCUT2D eigenvalue weighted by atomic mass is 9.81. The second-order valence-electron chi connectivity index (χ2n) is 9.23. The lowest BCUT2D eigenvalue weighted by molar-refractivity contribution is -0.148. The third kappa shape index (κ3) is 5.82. The standard InChI is InChI=1S/C27H32N2O6/c1-34-24(26(31)32)15-28-25(30)18-12-10-17(11-13-18)14-29-27(33)35-16-23-21-8-4-2-6-19(21)20-7-3-5-9-22(20)23/h2-9,17-18,23-24H,10-16H2,1H3,(H,28,30)(H,29,33)(H,31,32). The first-order valence-electron chi connectivity index (χ1n) is 12.1. The van der Waals surface area contributed by atoms with E-state index in [-0.39, 0.29) is 36.8 Å². The van der Waals surface area contributed by atoms with Crippen LogP contribution in [-0.2, 0) is 19.1 Å². The number of methoxy groups -OCH3 is 1. The SMILES string of the molecule is COC(CNC(=O)C1CCC(CNC(=O)OCC2c3ccccc3-c3ccccc32)CC1)C(=O)O. The summed E-state index contributed by atoms with van der Waals surface area (Å²) in [5.74, 6) is -1.08. The summed E-state index contributed by atoms with van der Waals surface area (Å²) in [6, 6.07) is 16.5. The van der Waals surface area contributed by atoms with Crippen LogP contribution in [-0.4, -0.2) is 56.0 Å². The number of carboxylic acids is 1. The number of ether oxygens (including phenoxy) is 2. The van der Waals surface area contributed by atoms with Gasteiger partial charge < -0.3 is 25.2 Å². The van der Waals surface area contributed by atoms with Gasteiger partial charge in [-0.15, -0.1) is 0 Å². The highest BCUT2D eigenvalue weighted by atomic mass is 16.5. The summed E-state index contributed by atoms with van der Waals surface area (Å²) >= 11 is 0. The van der Waals surface area contributed by atoms with E-state index in [9.17, 15) is 14.4 Å². The molecule has 2 aliphatic rings. The number of nitrogens with one attached hydrogen (secondary N) is 2. The van der Waals surface area contributed by atoms with Crippen molar-refractivity contribution in [1.29, 1.82) is 0 Å². The molecule has 186 valence electrons. The number of hydrogen-bond donors (Lipinski definition) is 3. The van der Waals surface area contributed by atoms with E-state index >= 15 is 0 Å². The number of carbonyl (C=O) groups is 3. The minimum absolute atomic E-state index is 0.0286. The number of hydrogen-bond acceptors (Lipinski definition) is 5. The number of benzene rings is 2. The molecule has 2 aliphatic carbocycles. The topological polar surface area (TPSA) is 114 Å². The van der Waals surface area contributed by atoms with E-state index < -0.39 is 18.2 Å². The van der Waals surface area contributed by atoms with Crippen molar-refractivity contribution in [3.8, 4) is 11.1 Å². The third-order valence-corrected chi connectivity index (χ3v) is 7.12. The lowest BCUT2D eigenvalue weighted by Crippen LogP contribution is -2.41. The van der Waals surface area contributed by atoms with Crippen molar-refractivity contribution in [2.45, 2.75) is 37.7 Å². The van der Waals surface area contributed by atoms with Crippen LogP contribution >= 0.6 is 0 Å². The molecule has 0 heterocycles. The molecule has 8 nitrogen and oxygen atoms in total. The highest BCUT2D eigenvalue weighted by Crippen LogP contribution is 2.44. The van der Waals surface area contributed by atoms with E-state index in [0.717, 1.165) is 12.8 Å². The Bertz CT molecular complexity index is 1020. The largest absolute Gasteiger partial charge is 0.479 e. The highest BCUT2D eigenvalue weighted by molar-refractivity contribution is 5.80. The molecular weight excluding hydrogens is 448 g/mol. The van der Waals surface area contributed by atoms with Crippen LogP contribution in [0.3, 0.4) is 0 Å². The summed E-state index contributed by atoms with van der Waals surface area (Å²) in [5, 5.41) is 14.6. The second kappa shape index (κ2) is 11.4. The van der Waals surface area contributed by atoms with Gasteiger partial charge in [0.1, 0.15) is 6.61 Å². The van der Waals surface area contributed by atoms with Gasteiger partial charge in [-0.3, -0.25) is 4.79 Å². The van der Waals surface area contributed by atoms with Crippen molar-refractivity contribution in [2.75, 3.05) is 26.8 Å². The molecule has 4 rings (SSSR count). The number of amides is 2. The predicted molar refractivity (Wildman–Crippen MR) is 130 cm³/mol. The predicted octanol–water partition coefficient (Wildman–Crippen LogP) is 3.55. The van der Waals surface area contributed by atoms with Crippen LogP contribution in [0.4, 0.5) is 4.79 Å². The van der Waals surface area contributed by atoms with E-state index in [1.807, 2.05) is 24.3 Å². The van der Waals surface area contributed by atoms with Gasteiger partial charge in [-0.2, -0.15) is 0 Å². The zero-order valence-corrected chi connectivity index (χ0v) is 19.9. The summed E-state index contributed by atoms with van der Waals surface area (Å²) in [6.07, 6.45) is 1.56. The molecule has 3 N–H and O–H groups in total. The smallest absolute Gasteiger partial charge is 0.407 e. The van der Waals surface area contributed by atoms with Crippen LogP contribution in [0.25, 0.3) is 11.1 Å². The molecule has 35 heavy (non-hydrogen) atoms. The minimum Gasteiger partial charge on any atom is -0.479 e. The molecular formula is C27H32N2O6. The van der Waals surface area contributed by atoms with Gasteiger partial charge in [0.05, 0.1) is 6.54 Å². The summed E-state index contributed by atoms with van der Waals surface area (Å²) in [4.78, 5) is 35.8. The number of rotatable bonds is 9. The fraction of sp³-hybridized carbons (Fsp3) is 0.444. The Balaban J connectivity index is 1.19. The zero-order valence-electron chi connectivity index (χ0n) is 19.9. The normalized spacial score (nSPS) is 19.8. The molecule has 1 saturated carbocycles. The van der Waals surface area contributed by atoms with Crippen LogP contribution in [0, 0.1) is 11.8 Å². The number of carbonyl (C=O) groups excluding carboxylic acids is 2. The Morgan fingerprint density at radius 1 is 0.943 bits per heavy atom. The Labute approximate surface area is 205 Å². The first-order chi connectivity index (χ1) is 17.0. The monoisotopic (exact) mass is 480 g/mol. The van der Waals surface area contributed by atoms with Gasteiger partial charge in [0.25, 0.3) is 0 Å². The summed E-state index contributed by atoms with van der Waals surface area (Å²) < 4.78 is 10.4. The molecule has 0 saturated heterocycles. The quantitative estimate of drug-likeness (QED) is 0.506. The van der Waals surface area contributed by atoms with Crippen LogP contribution in [0.15, 0.2) is 48.5 Å². The van der Waals surface area contributed by atoms with Gasteiger partial charge in [0.15, 0.2) is 6.10 Å². The van der Waals surface area contributed by atoms with Gasteiger partial charge >= 0.3 is 12.1 Å². The molecule has 1 atom stereocenters. The average Bonchev–Trinajstić information content (AvgIpc) is 3.20. The van der Waals surface area contributed by atoms with E-state index in [2.05, 4.69) is 34.9 Å². The lowest BCUT2D eigenvalue weighted by Gasteiger charge is -2.28. The zero-order chi connectivity index (χ0) is 24.8. The Morgan fingerprint density at radius 2 is 1.54 bits per heavy atom. The van der Waals surface area contributed by atoms with E-state index in [1.165, 1.54) is 29.4 Å². The minimum atomic E-state index is -1.10. The summed E-state index contributed by atoms with van der Waals surface area (Å²) in [5.41, 5.74) is 4.74. The summed E-state index contributed by atoms with van der Waals surface area (Å²) in [7, 11) is 1.31. The fourth-order valence-corrected chi connectivity index (χ4v) is 5.11. The van der Waals surface area contributed by atoms with Gasteiger partial charge in [-0.05, 0) is 53.9 Å².